The largest absolute Gasteiger partial charge is 0.433 e. The molecule has 0 amide bonds. The van der Waals surface area contributed by atoms with Crippen molar-refractivity contribution in [1.29, 1.82) is 0 Å². The van der Waals surface area contributed by atoms with Gasteiger partial charge in [0.25, 0.3) is 0 Å². The molecule has 1 N–H and O–H groups in total. The minimum Gasteiger partial charge on any atom is -0.433 e. The van der Waals surface area contributed by atoms with Crippen molar-refractivity contribution in [1.82, 2.24) is 5.32 Å². The summed E-state index contributed by atoms with van der Waals surface area (Å²) in [4.78, 5) is 0. The first kappa shape index (κ1) is 14.5. The second-order valence-corrected chi connectivity index (χ2v) is 4.59. The van der Waals surface area contributed by atoms with Crippen LogP contribution in [0.5, 0.6) is 5.75 Å². The van der Waals surface area contributed by atoms with Crippen molar-refractivity contribution in [2.45, 2.75) is 33.4 Å². The normalized spacial score (nSPS) is 11.4. The van der Waals surface area contributed by atoms with Gasteiger partial charge in [-0.15, -0.1) is 0 Å². The molecule has 0 saturated carbocycles. The lowest BCUT2D eigenvalue weighted by Gasteiger charge is -2.14. The quantitative estimate of drug-likeness (QED) is 0.831. The number of hydrogen-bond acceptors (Lipinski definition) is 2. The Morgan fingerprint density at radius 1 is 1.33 bits per heavy atom. The summed E-state index contributed by atoms with van der Waals surface area (Å²) < 4.78 is 29.7. The Kier molecular flexibility index (Phi) is 4.70. The van der Waals surface area contributed by atoms with Gasteiger partial charge in [0.1, 0.15) is 5.75 Å². The highest BCUT2D eigenvalue weighted by atomic mass is 19.3. The lowest BCUT2D eigenvalue weighted by Crippen LogP contribution is -2.19. The molecule has 0 unspecified atom stereocenters. The molecule has 0 fully saturated rings. The van der Waals surface area contributed by atoms with E-state index in [2.05, 4.69) is 30.5 Å². The third-order valence-corrected chi connectivity index (χ3v) is 2.44. The molecule has 18 heavy (non-hydrogen) atoms. The molecular weight excluding hydrogens is 236 g/mol. The van der Waals surface area contributed by atoms with Gasteiger partial charge in [-0.3, -0.25) is 0 Å². The van der Waals surface area contributed by atoms with Crippen LogP contribution in [0.2, 0.25) is 0 Å². The highest BCUT2D eigenvalue weighted by Crippen LogP contribution is 2.21. The van der Waals surface area contributed by atoms with E-state index in [4.69, 9.17) is 0 Å². The first-order valence-electron chi connectivity index (χ1n) is 5.86. The standard InChI is InChI=1S/C14H19F2NO/c1-10(2)11(3)17-9-12-5-7-13(8-6-12)18-14(4,15)16/h5-8,10,17H,3,9H2,1-2,4H3. The predicted octanol–water partition coefficient (Wildman–Crippen LogP) is 3.94. The number of benzene rings is 1. The van der Waals surface area contributed by atoms with Gasteiger partial charge in [0, 0.05) is 19.2 Å². The summed E-state index contributed by atoms with van der Waals surface area (Å²) in [7, 11) is 0. The van der Waals surface area contributed by atoms with Crippen molar-refractivity contribution >= 4 is 0 Å². The van der Waals surface area contributed by atoms with Gasteiger partial charge < -0.3 is 10.1 Å². The molecule has 1 rings (SSSR count). The van der Waals surface area contributed by atoms with E-state index in [1.807, 2.05) is 0 Å². The summed E-state index contributed by atoms with van der Waals surface area (Å²) in [5, 5.41) is 3.18. The fourth-order valence-corrected chi connectivity index (χ4v) is 1.30. The molecule has 0 saturated heterocycles. The van der Waals surface area contributed by atoms with Crippen molar-refractivity contribution in [3.63, 3.8) is 0 Å². The molecule has 0 aliphatic rings. The number of hydrogen-bond donors (Lipinski definition) is 1. The van der Waals surface area contributed by atoms with Crippen molar-refractivity contribution in [3.05, 3.63) is 42.1 Å². The van der Waals surface area contributed by atoms with E-state index in [0.717, 1.165) is 18.2 Å². The monoisotopic (exact) mass is 255 g/mol. The summed E-state index contributed by atoms with van der Waals surface area (Å²) in [5.74, 6) is 0.528. The van der Waals surface area contributed by atoms with Crippen LogP contribution < -0.4 is 10.1 Å². The van der Waals surface area contributed by atoms with E-state index in [1.165, 1.54) is 12.1 Å². The molecule has 0 heterocycles. The van der Waals surface area contributed by atoms with Crippen molar-refractivity contribution in [3.8, 4) is 5.75 Å². The molecule has 0 aliphatic carbocycles. The third-order valence-electron chi connectivity index (χ3n) is 2.44. The zero-order valence-corrected chi connectivity index (χ0v) is 11.0. The Labute approximate surface area is 107 Å². The first-order valence-corrected chi connectivity index (χ1v) is 5.86. The van der Waals surface area contributed by atoms with Gasteiger partial charge in [0.15, 0.2) is 0 Å². The summed E-state index contributed by atoms with van der Waals surface area (Å²) >= 11 is 0. The molecule has 2 nitrogen and oxygen atoms in total. The molecule has 1 aromatic rings. The van der Waals surface area contributed by atoms with E-state index < -0.39 is 6.11 Å². The SMILES string of the molecule is C=C(NCc1ccc(OC(C)(F)F)cc1)C(C)C. The molecule has 1 aromatic carbocycles. The molecule has 0 spiro atoms. The lowest BCUT2D eigenvalue weighted by atomic mass is 10.1. The summed E-state index contributed by atoms with van der Waals surface area (Å²) in [5.41, 5.74) is 1.94. The summed E-state index contributed by atoms with van der Waals surface area (Å²) in [6.07, 6.45) is -3.15. The van der Waals surface area contributed by atoms with Crippen LogP contribution in [0, 0.1) is 5.92 Å². The number of rotatable bonds is 6. The Morgan fingerprint density at radius 3 is 2.33 bits per heavy atom. The van der Waals surface area contributed by atoms with Gasteiger partial charge in [-0.2, -0.15) is 8.78 Å². The van der Waals surface area contributed by atoms with Crippen molar-refractivity contribution in [2.75, 3.05) is 0 Å². The maximum Gasteiger partial charge on any atom is 0.394 e. The van der Waals surface area contributed by atoms with Crippen LogP contribution in [0.3, 0.4) is 0 Å². The zero-order valence-electron chi connectivity index (χ0n) is 11.0. The van der Waals surface area contributed by atoms with E-state index in [0.29, 0.717) is 12.5 Å². The van der Waals surface area contributed by atoms with E-state index in [-0.39, 0.29) is 5.75 Å². The van der Waals surface area contributed by atoms with Gasteiger partial charge in [-0.05, 0) is 23.6 Å². The van der Waals surface area contributed by atoms with Gasteiger partial charge in [0.05, 0.1) is 0 Å². The fraction of sp³-hybridized carbons (Fsp3) is 0.429. The van der Waals surface area contributed by atoms with Crippen LogP contribution >= 0.6 is 0 Å². The smallest absolute Gasteiger partial charge is 0.394 e. The number of ether oxygens (including phenoxy) is 1. The van der Waals surface area contributed by atoms with Gasteiger partial charge >= 0.3 is 6.11 Å². The number of alkyl halides is 2. The molecule has 0 bridgehead atoms. The van der Waals surface area contributed by atoms with Gasteiger partial charge in [-0.25, -0.2) is 0 Å². The Morgan fingerprint density at radius 2 is 1.89 bits per heavy atom. The second-order valence-electron chi connectivity index (χ2n) is 4.59. The Hall–Kier alpha value is -1.58. The molecule has 0 atom stereocenters. The average molecular weight is 255 g/mol. The number of allylic oxidation sites excluding steroid dienone is 1. The fourth-order valence-electron chi connectivity index (χ4n) is 1.30. The zero-order chi connectivity index (χ0) is 13.8. The molecule has 0 aromatic heterocycles. The maximum atomic E-state index is 12.6. The first-order chi connectivity index (χ1) is 8.28. The van der Waals surface area contributed by atoms with Crippen LogP contribution in [0.15, 0.2) is 36.5 Å². The van der Waals surface area contributed by atoms with E-state index >= 15 is 0 Å². The minimum absolute atomic E-state index is 0.161. The topological polar surface area (TPSA) is 21.3 Å². The van der Waals surface area contributed by atoms with Gasteiger partial charge in [0.2, 0.25) is 0 Å². The molecular formula is C14H19F2NO. The molecule has 4 heteroatoms. The van der Waals surface area contributed by atoms with Crippen LogP contribution in [0.25, 0.3) is 0 Å². The predicted molar refractivity (Wildman–Crippen MR) is 68.5 cm³/mol. The van der Waals surface area contributed by atoms with Gasteiger partial charge in [-0.1, -0.05) is 32.6 Å². The summed E-state index contributed by atoms with van der Waals surface area (Å²) in [6.45, 7) is 9.34. The third kappa shape index (κ3) is 5.17. The summed E-state index contributed by atoms with van der Waals surface area (Å²) in [6, 6.07) is 6.57. The minimum atomic E-state index is -3.15. The number of halogens is 2. The lowest BCUT2D eigenvalue weighted by molar-refractivity contribution is -0.158. The number of nitrogens with one attached hydrogen (secondary N) is 1. The van der Waals surface area contributed by atoms with Crippen LogP contribution in [0.4, 0.5) is 8.78 Å². The maximum absolute atomic E-state index is 12.6. The average Bonchev–Trinajstić information content (AvgIpc) is 2.25. The highest BCUT2D eigenvalue weighted by Gasteiger charge is 2.22. The highest BCUT2D eigenvalue weighted by molar-refractivity contribution is 5.27. The van der Waals surface area contributed by atoms with Crippen molar-refractivity contribution < 1.29 is 13.5 Å². The van der Waals surface area contributed by atoms with E-state index in [9.17, 15) is 8.78 Å². The Balaban J connectivity index is 2.53. The van der Waals surface area contributed by atoms with Crippen LogP contribution in [-0.4, -0.2) is 6.11 Å². The Bertz CT molecular complexity index is 393. The molecule has 100 valence electrons. The molecule has 0 aliphatic heterocycles. The second kappa shape index (κ2) is 5.85. The van der Waals surface area contributed by atoms with Crippen molar-refractivity contribution in [2.24, 2.45) is 5.92 Å². The molecule has 0 radical (unpaired) electrons. The van der Waals surface area contributed by atoms with Crippen LogP contribution in [-0.2, 0) is 6.54 Å². The van der Waals surface area contributed by atoms with E-state index in [1.54, 1.807) is 12.1 Å². The van der Waals surface area contributed by atoms with Crippen LogP contribution in [0.1, 0.15) is 26.3 Å².